The fourth-order valence-corrected chi connectivity index (χ4v) is 2.16. The van der Waals surface area contributed by atoms with E-state index in [2.05, 4.69) is 4.99 Å². The van der Waals surface area contributed by atoms with Crippen LogP contribution in [0.15, 0.2) is 35.3 Å². The zero-order valence-electron chi connectivity index (χ0n) is 10.7. The van der Waals surface area contributed by atoms with Crippen LogP contribution in [0.4, 0.5) is 0 Å². The molecule has 0 aliphatic carbocycles. The minimum Gasteiger partial charge on any atom is -0.356 e. The SMILES string of the molecule is O=C=NC1CCN(C(O)OCc2ccccc2)CC1. The van der Waals surface area contributed by atoms with E-state index in [0.29, 0.717) is 19.7 Å². The van der Waals surface area contributed by atoms with Gasteiger partial charge in [-0.05, 0) is 18.4 Å². The van der Waals surface area contributed by atoms with Gasteiger partial charge in [0.05, 0.1) is 12.6 Å². The van der Waals surface area contributed by atoms with Gasteiger partial charge in [-0.15, -0.1) is 0 Å². The lowest BCUT2D eigenvalue weighted by Crippen LogP contribution is -2.43. The predicted octanol–water partition coefficient (Wildman–Crippen LogP) is 1.28. The molecule has 1 N–H and O–H groups in total. The summed E-state index contributed by atoms with van der Waals surface area (Å²) in [5.74, 6) is 0. The molecule has 102 valence electrons. The lowest BCUT2D eigenvalue weighted by atomic mass is 10.1. The van der Waals surface area contributed by atoms with E-state index in [4.69, 9.17) is 4.74 Å². The Bertz CT molecular complexity index is 424. The van der Waals surface area contributed by atoms with Crippen molar-refractivity contribution in [3.8, 4) is 0 Å². The molecule has 2 rings (SSSR count). The first-order valence-corrected chi connectivity index (χ1v) is 6.44. The van der Waals surface area contributed by atoms with Crippen molar-refractivity contribution in [2.75, 3.05) is 13.1 Å². The van der Waals surface area contributed by atoms with E-state index in [9.17, 15) is 9.90 Å². The topological polar surface area (TPSA) is 62.1 Å². The molecule has 1 aliphatic heterocycles. The first kappa shape index (κ1) is 13.9. The number of likely N-dealkylation sites (tertiary alicyclic amines) is 1. The fourth-order valence-electron chi connectivity index (χ4n) is 2.16. The zero-order valence-corrected chi connectivity index (χ0v) is 10.7. The Balaban J connectivity index is 1.75. The number of carbonyl (C=O) groups excluding carboxylic acids is 1. The maximum atomic E-state index is 10.2. The number of benzene rings is 1. The minimum absolute atomic E-state index is 0.0371. The molecule has 19 heavy (non-hydrogen) atoms. The molecule has 0 amide bonds. The van der Waals surface area contributed by atoms with Crippen LogP contribution in [-0.2, 0) is 16.1 Å². The quantitative estimate of drug-likeness (QED) is 0.493. The van der Waals surface area contributed by atoms with Crippen molar-refractivity contribution in [1.29, 1.82) is 0 Å². The number of aliphatic hydroxyl groups excluding tert-OH is 1. The Kier molecular flexibility index (Phi) is 5.24. The molecule has 5 nitrogen and oxygen atoms in total. The van der Waals surface area contributed by atoms with Gasteiger partial charge in [-0.2, -0.15) is 0 Å². The highest BCUT2D eigenvalue weighted by atomic mass is 16.6. The van der Waals surface area contributed by atoms with Gasteiger partial charge in [0.2, 0.25) is 12.5 Å². The molecule has 1 saturated heterocycles. The third kappa shape index (κ3) is 4.26. The number of hydrogen-bond acceptors (Lipinski definition) is 5. The van der Waals surface area contributed by atoms with E-state index in [1.807, 2.05) is 35.2 Å². The highest BCUT2D eigenvalue weighted by Gasteiger charge is 2.23. The van der Waals surface area contributed by atoms with Crippen LogP contribution in [0, 0.1) is 0 Å². The van der Waals surface area contributed by atoms with Gasteiger partial charge in [0, 0.05) is 13.1 Å². The number of ether oxygens (including phenoxy) is 1. The Labute approximate surface area is 112 Å². The molecular weight excluding hydrogens is 244 g/mol. The van der Waals surface area contributed by atoms with Crippen molar-refractivity contribution in [3.63, 3.8) is 0 Å². The molecule has 0 aromatic heterocycles. The first-order valence-electron chi connectivity index (χ1n) is 6.44. The number of nitrogens with zero attached hydrogens (tertiary/aromatic N) is 2. The van der Waals surface area contributed by atoms with Crippen LogP contribution >= 0.6 is 0 Å². The normalized spacial score (nSPS) is 18.8. The molecule has 0 radical (unpaired) electrons. The van der Waals surface area contributed by atoms with Gasteiger partial charge in [-0.3, -0.25) is 4.90 Å². The van der Waals surface area contributed by atoms with E-state index in [1.165, 1.54) is 0 Å². The van der Waals surface area contributed by atoms with Crippen molar-refractivity contribution in [2.24, 2.45) is 4.99 Å². The fraction of sp³-hybridized carbons (Fsp3) is 0.500. The van der Waals surface area contributed by atoms with Gasteiger partial charge >= 0.3 is 0 Å². The molecule has 1 aromatic carbocycles. The van der Waals surface area contributed by atoms with Crippen LogP contribution in [0.1, 0.15) is 18.4 Å². The Morgan fingerprint density at radius 2 is 2.05 bits per heavy atom. The summed E-state index contributed by atoms with van der Waals surface area (Å²) in [6.45, 7) is 1.73. The van der Waals surface area contributed by atoms with Gasteiger partial charge in [-0.25, -0.2) is 9.79 Å². The molecule has 5 heteroatoms. The van der Waals surface area contributed by atoms with Gasteiger partial charge in [-0.1, -0.05) is 30.3 Å². The van der Waals surface area contributed by atoms with Crippen molar-refractivity contribution < 1.29 is 14.6 Å². The van der Waals surface area contributed by atoms with Gasteiger partial charge < -0.3 is 9.84 Å². The van der Waals surface area contributed by atoms with Crippen LogP contribution in [-0.4, -0.2) is 41.6 Å². The Hall–Kier alpha value is -1.52. The number of hydrogen-bond donors (Lipinski definition) is 1. The Morgan fingerprint density at radius 1 is 1.37 bits per heavy atom. The summed E-state index contributed by atoms with van der Waals surface area (Å²) in [4.78, 5) is 15.7. The molecule has 1 aliphatic rings. The number of rotatable bonds is 5. The van der Waals surface area contributed by atoms with E-state index in [1.54, 1.807) is 6.08 Å². The molecule has 0 bridgehead atoms. The predicted molar refractivity (Wildman–Crippen MR) is 70.0 cm³/mol. The lowest BCUT2D eigenvalue weighted by molar-refractivity contribution is -0.204. The zero-order chi connectivity index (χ0) is 13.5. The van der Waals surface area contributed by atoms with E-state index < -0.39 is 6.41 Å². The van der Waals surface area contributed by atoms with Crippen LogP contribution in [0.25, 0.3) is 0 Å². The molecule has 1 unspecified atom stereocenters. The second-order valence-corrected chi connectivity index (χ2v) is 4.61. The molecule has 1 fully saturated rings. The number of aliphatic hydroxyl groups is 1. The van der Waals surface area contributed by atoms with Gasteiger partial charge in [0.15, 0.2) is 0 Å². The highest BCUT2D eigenvalue weighted by molar-refractivity contribution is 5.33. The third-order valence-corrected chi connectivity index (χ3v) is 3.29. The van der Waals surface area contributed by atoms with Crippen molar-refractivity contribution in [3.05, 3.63) is 35.9 Å². The van der Waals surface area contributed by atoms with Crippen molar-refractivity contribution in [1.82, 2.24) is 4.90 Å². The van der Waals surface area contributed by atoms with E-state index >= 15 is 0 Å². The molecule has 1 heterocycles. The third-order valence-electron chi connectivity index (χ3n) is 3.29. The number of piperidine rings is 1. The smallest absolute Gasteiger partial charge is 0.235 e. The van der Waals surface area contributed by atoms with Gasteiger partial charge in [0.1, 0.15) is 0 Å². The summed E-state index contributed by atoms with van der Waals surface area (Å²) in [7, 11) is 0. The van der Waals surface area contributed by atoms with Crippen molar-refractivity contribution in [2.45, 2.75) is 31.9 Å². The second-order valence-electron chi connectivity index (χ2n) is 4.61. The largest absolute Gasteiger partial charge is 0.356 e. The molecule has 0 saturated carbocycles. The summed E-state index contributed by atoms with van der Waals surface area (Å²) in [5, 5.41) is 9.95. The summed E-state index contributed by atoms with van der Waals surface area (Å²) in [6, 6.07) is 9.77. The lowest BCUT2D eigenvalue weighted by Gasteiger charge is -2.32. The van der Waals surface area contributed by atoms with E-state index in [0.717, 1.165) is 18.4 Å². The van der Waals surface area contributed by atoms with Crippen LogP contribution < -0.4 is 0 Å². The van der Waals surface area contributed by atoms with Crippen molar-refractivity contribution >= 4 is 6.08 Å². The molecule has 1 atom stereocenters. The highest BCUT2D eigenvalue weighted by Crippen LogP contribution is 2.16. The summed E-state index contributed by atoms with van der Waals surface area (Å²) >= 11 is 0. The van der Waals surface area contributed by atoms with Crippen LogP contribution in [0.5, 0.6) is 0 Å². The minimum atomic E-state index is -0.902. The van der Waals surface area contributed by atoms with E-state index in [-0.39, 0.29) is 6.04 Å². The molecular formula is C14H18N2O3. The van der Waals surface area contributed by atoms with Gasteiger partial charge in [0.25, 0.3) is 0 Å². The summed E-state index contributed by atoms with van der Waals surface area (Å²) in [5.41, 5.74) is 1.03. The monoisotopic (exact) mass is 262 g/mol. The first-order chi connectivity index (χ1) is 9.29. The van der Waals surface area contributed by atoms with Crippen LogP contribution in [0.3, 0.4) is 0 Å². The number of isocyanates is 1. The second kappa shape index (κ2) is 7.16. The molecule has 0 spiro atoms. The van der Waals surface area contributed by atoms with Crippen LogP contribution in [0.2, 0.25) is 0 Å². The number of aliphatic imine (C=N–C) groups is 1. The maximum absolute atomic E-state index is 10.2. The molecule has 1 aromatic rings. The maximum Gasteiger partial charge on any atom is 0.235 e. The summed E-state index contributed by atoms with van der Waals surface area (Å²) in [6.07, 6.45) is 2.19. The Morgan fingerprint density at radius 3 is 2.68 bits per heavy atom. The average Bonchev–Trinajstić information content (AvgIpc) is 2.47. The average molecular weight is 262 g/mol. The summed E-state index contributed by atoms with van der Waals surface area (Å²) < 4.78 is 5.44. The standard InChI is InChI=1S/C14H18N2O3/c17-11-15-13-6-8-16(9-7-13)14(18)19-10-12-4-2-1-3-5-12/h1-5,13-14,18H,6-10H2.